The van der Waals surface area contributed by atoms with Crippen LogP contribution in [0, 0.1) is 34.6 Å². The molecule has 0 aliphatic heterocycles. The van der Waals surface area contributed by atoms with Crippen LogP contribution in [0.1, 0.15) is 27.8 Å². The van der Waals surface area contributed by atoms with Crippen molar-refractivity contribution in [1.82, 2.24) is 0 Å². The van der Waals surface area contributed by atoms with Crippen LogP contribution in [0.25, 0.3) is 98.4 Å². The van der Waals surface area contributed by atoms with Gasteiger partial charge in [0, 0.05) is 60.2 Å². The lowest BCUT2D eigenvalue weighted by atomic mass is 9.90. The summed E-state index contributed by atoms with van der Waals surface area (Å²) in [5.74, 6) is 0. The van der Waals surface area contributed by atoms with Gasteiger partial charge >= 0.3 is 0 Å². The number of furan rings is 2. The van der Waals surface area contributed by atoms with Crippen LogP contribution in [0.4, 0.5) is 34.1 Å². The molecule has 2 heterocycles. The van der Waals surface area contributed by atoms with Crippen molar-refractivity contribution in [2.75, 3.05) is 9.80 Å². The highest BCUT2D eigenvalue weighted by Gasteiger charge is 2.29. The first kappa shape index (κ1) is 42.7. The van der Waals surface area contributed by atoms with Crippen molar-refractivity contribution in [1.29, 1.82) is 0 Å². The van der Waals surface area contributed by atoms with Gasteiger partial charge in [-0.25, -0.2) is 0 Å². The molecule has 0 spiro atoms. The number of hydrogen-bond acceptors (Lipinski definition) is 4. The number of rotatable bonds is 8. The topological polar surface area (TPSA) is 32.8 Å². The quantitative estimate of drug-likeness (QED) is 0.142. The van der Waals surface area contributed by atoms with Gasteiger partial charge in [-0.1, -0.05) is 170 Å². The van der Waals surface area contributed by atoms with E-state index in [1.54, 1.807) is 0 Å². The maximum atomic E-state index is 7.33. The summed E-state index contributed by atoms with van der Waals surface area (Å²) in [5, 5.41) is 11.5. The van der Waals surface area contributed by atoms with Crippen molar-refractivity contribution < 1.29 is 8.83 Å². The summed E-state index contributed by atoms with van der Waals surface area (Å²) >= 11 is 0. The summed E-state index contributed by atoms with van der Waals surface area (Å²) in [7, 11) is 0. The fourth-order valence-electron chi connectivity index (χ4n) is 12.2. The summed E-state index contributed by atoms with van der Waals surface area (Å²) < 4.78 is 14.7. The predicted molar refractivity (Wildman–Crippen MR) is 309 cm³/mol. The Balaban J connectivity index is 1.10. The molecule has 0 amide bonds. The summed E-state index contributed by atoms with van der Waals surface area (Å²) in [6.07, 6.45) is 0. The predicted octanol–water partition coefficient (Wildman–Crippen LogP) is 20.2. The van der Waals surface area contributed by atoms with E-state index in [9.17, 15) is 0 Å². The van der Waals surface area contributed by atoms with Gasteiger partial charge in [0.25, 0.3) is 0 Å². The molecule has 0 radical (unpaired) electrons. The molecular weight excluding hydrogens is 889 g/mol. The minimum absolute atomic E-state index is 0.828. The lowest BCUT2D eigenvalue weighted by Crippen LogP contribution is -2.15. The van der Waals surface area contributed by atoms with Gasteiger partial charge in [0.2, 0.25) is 0 Å². The van der Waals surface area contributed by atoms with Crippen molar-refractivity contribution in [2.24, 2.45) is 0 Å². The maximum absolute atomic E-state index is 7.33. The normalized spacial score (nSPS) is 11.9. The molecule has 0 aliphatic carbocycles. The molecule has 0 N–H and O–H groups in total. The first-order valence-electron chi connectivity index (χ1n) is 25.2. The number of hydrogen-bond donors (Lipinski definition) is 0. The van der Waals surface area contributed by atoms with Gasteiger partial charge < -0.3 is 18.6 Å². The molecule has 14 aromatic rings. The third-order valence-corrected chi connectivity index (χ3v) is 15.3. The van der Waals surface area contributed by atoms with Crippen molar-refractivity contribution in [2.45, 2.75) is 34.6 Å². The summed E-state index contributed by atoms with van der Waals surface area (Å²) in [4.78, 5) is 4.84. The number of para-hydroxylation sites is 6. The number of aryl methyl sites for hydroxylation is 5. The first-order chi connectivity index (χ1) is 35.8. The minimum atomic E-state index is 0.828. The Morgan fingerprint density at radius 2 is 0.671 bits per heavy atom. The summed E-state index contributed by atoms with van der Waals surface area (Å²) in [6, 6.07) is 77.2. The van der Waals surface area contributed by atoms with Gasteiger partial charge in [-0.3, -0.25) is 0 Å². The monoisotopic (exact) mass is 938 g/mol. The van der Waals surface area contributed by atoms with E-state index in [0.717, 1.165) is 99.9 Å². The van der Waals surface area contributed by atoms with E-state index in [0.29, 0.717) is 0 Å². The Morgan fingerprint density at radius 1 is 0.288 bits per heavy atom. The van der Waals surface area contributed by atoms with Gasteiger partial charge in [-0.2, -0.15) is 0 Å². The molecule has 4 nitrogen and oxygen atoms in total. The number of benzene rings is 12. The Bertz CT molecular complexity index is 4180. The molecule has 14 rings (SSSR count). The zero-order valence-electron chi connectivity index (χ0n) is 41.4. The highest BCUT2D eigenvalue weighted by atomic mass is 16.3. The molecule has 0 atom stereocenters. The lowest BCUT2D eigenvalue weighted by molar-refractivity contribution is 0.670. The van der Waals surface area contributed by atoms with Crippen molar-refractivity contribution >= 4 is 110 Å². The van der Waals surface area contributed by atoms with Crippen LogP contribution in [-0.2, 0) is 0 Å². The fourth-order valence-corrected chi connectivity index (χ4v) is 12.2. The van der Waals surface area contributed by atoms with Crippen LogP contribution in [0.5, 0.6) is 0 Å². The largest absolute Gasteiger partial charge is 0.453 e. The van der Waals surface area contributed by atoms with E-state index in [1.165, 1.54) is 60.5 Å². The molecule has 73 heavy (non-hydrogen) atoms. The van der Waals surface area contributed by atoms with E-state index < -0.39 is 0 Å². The molecule has 0 aliphatic rings. The smallest absolute Gasteiger partial charge is 0.159 e. The van der Waals surface area contributed by atoms with Crippen LogP contribution in [-0.4, -0.2) is 0 Å². The van der Waals surface area contributed by atoms with E-state index in [2.05, 4.69) is 257 Å². The maximum Gasteiger partial charge on any atom is 0.159 e. The Kier molecular flexibility index (Phi) is 9.65. The van der Waals surface area contributed by atoms with Gasteiger partial charge in [-0.05, 0) is 132 Å². The van der Waals surface area contributed by atoms with Gasteiger partial charge in [0.1, 0.15) is 11.2 Å². The molecule has 4 heteroatoms. The van der Waals surface area contributed by atoms with Gasteiger partial charge in [0.05, 0.1) is 22.7 Å². The first-order valence-corrected chi connectivity index (χ1v) is 25.2. The molecule has 0 fully saturated rings. The van der Waals surface area contributed by atoms with Crippen LogP contribution in [0.2, 0.25) is 0 Å². The average molecular weight is 939 g/mol. The molecule has 2 aromatic heterocycles. The second kappa shape index (κ2) is 16.5. The lowest BCUT2D eigenvalue weighted by Gasteiger charge is -2.32. The second-order valence-corrected chi connectivity index (χ2v) is 19.9. The number of anilines is 6. The standard InChI is InChI=1S/C69H50N2O2/c1-41-38-46-34-36-54-60(70(48-22-8-6-9-23-48)58-32-16-28-52-50-26-14-30-56(66(50)72-68(52)58)62-42(2)18-12-19-43(62)3)40-61(55-37-35-47(39-41)64(46)65(54)55)71(49-24-10-7-11-25-49)59-33-17-29-53-51-27-15-31-57(67(51)73-69(53)59)63-44(4)20-13-21-45(63)5/h6-40H,1-5H3. The molecular formula is C69H50N2O2. The molecule has 0 bridgehead atoms. The minimum Gasteiger partial charge on any atom is -0.453 e. The second-order valence-electron chi connectivity index (χ2n) is 19.9. The van der Waals surface area contributed by atoms with Crippen LogP contribution < -0.4 is 9.80 Å². The van der Waals surface area contributed by atoms with Gasteiger partial charge in [0.15, 0.2) is 11.2 Å². The van der Waals surface area contributed by atoms with Gasteiger partial charge in [-0.15, -0.1) is 0 Å². The van der Waals surface area contributed by atoms with E-state index >= 15 is 0 Å². The van der Waals surface area contributed by atoms with E-state index in [1.807, 2.05) is 0 Å². The molecule has 0 saturated heterocycles. The Labute approximate surface area is 423 Å². The number of fused-ring (bicyclic) bond motifs is 6. The molecule has 12 aromatic carbocycles. The van der Waals surface area contributed by atoms with Crippen molar-refractivity contribution in [3.63, 3.8) is 0 Å². The highest BCUT2D eigenvalue weighted by Crippen LogP contribution is 2.53. The molecule has 0 saturated carbocycles. The van der Waals surface area contributed by atoms with Crippen molar-refractivity contribution in [3.8, 4) is 22.3 Å². The van der Waals surface area contributed by atoms with Crippen LogP contribution >= 0.6 is 0 Å². The van der Waals surface area contributed by atoms with Crippen molar-refractivity contribution in [3.05, 3.63) is 240 Å². The SMILES string of the molecule is Cc1cc2ccc3c(N(c4ccccc4)c4cccc5c4oc4c(-c6c(C)cccc6C)cccc45)cc(N(c4ccccc4)c4cccc5c4oc4c(-c6c(C)cccc6C)cccc45)c4ccc(c1)c2c34. The highest BCUT2D eigenvalue weighted by molar-refractivity contribution is 6.30. The zero-order valence-corrected chi connectivity index (χ0v) is 41.4. The summed E-state index contributed by atoms with van der Waals surface area (Å²) in [6.45, 7) is 11.0. The zero-order chi connectivity index (χ0) is 49.1. The van der Waals surface area contributed by atoms with Crippen LogP contribution in [0.3, 0.4) is 0 Å². The Morgan fingerprint density at radius 3 is 1.10 bits per heavy atom. The van der Waals surface area contributed by atoms with E-state index in [4.69, 9.17) is 8.83 Å². The Hall–Kier alpha value is -9.12. The molecule has 0 unspecified atom stereocenters. The van der Waals surface area contributed by atoms with Crippen LogP contribution in [0.15, 0.2) is 221 Å². The third-order valence-electron chi connectivity index (χ3n) is 15.3. The fraction of sp³-hybridized carbons (Fsp3) is 0.0725. The van der Waals surface area contributed by atoms with E-state index in [-0.39, 0.29) is 0 Å². The third kappa shape index (κ3) is 6.53. The average Bonchev–Trinajstić information content (AvgIpc) is 4.00. The summed E-state index contributed by atoms with van der Waals surface area (Å²) in [5.41, 5.74) is 20.2. The molecule has 348 valence electrons. The number of nitrogens with zero attached hydrogens (tertiary/aromatic N) is 2.